The first-order chi connectivity index (χ1) is 8.85. The zero-order chi connectivity index (χ0) is 12.8. The van der Waals surface area contributed by atoms with Gasteiger partial charge < -0.3 is 14.6 Å². The third kappa shape index (κ3) is 3.24. The lowest BCUT2D eigenvalue weighted by Gasteiger charge is -2.31. The lowest BCUT2D eigenvalue weighted by Crippen LogP contribution is -2.25. The molecule has 0 amide bonds. The fraction of sp³-hybridized carbons (Fsp3) is 0.600. The Labute approximate surface area is 109 Å². The van der Waals surface area contributed by atoms with Crippen LogP contribution in [0.2, 0.25) is 0 Å². The molecule has 1 aromatic rings. The molecule has 2 atom stereocenters. The Hall–Kier alpha value is -1.06. The highest BCUT2D eigenvalue weighted by atomic mass is 16.5. The molecule has 2 rings (SSSR count). The van der Waals surface area contributed by atoms with E-state index in [-0.39, 0.29) is 18.6 Å². The maximum absolute atomic E-state index is 9.42. The lowest BCUT2D eigenvalue weighted by molar-refractivity contribution is -0.0458. The molecule has 1 aliphatic heterocycles. The number of rotatable bonds is 5. The van der Waals surface area contributed by atoms with Crippen LogP contribution in [-0.2, 0) is 4.74 Å². The van der Waals surface area contributed by atoms with E-state index in [1.54, 1.807) is 0 Å². The Kier molecular flexibility index (Phi) is 5.02. The molecule has 1 heterocycles. The van der Waals surface area contributed by atoms with Crippen molar-refractivity contribution in [3.63, 3.8) is 0 Å². The smallest absolute Gasteiger partial charge is 0.119 e. The molecule has 0 radical (unpaired) electrons. The summed E-state index contributed by atoms with van der Waals surface area (Å²) in [5.74, 6) is 1.10. The van der Waals surface area contributed by atoms with Gasteiger partial charge in [-0.1, -0.05) is 19.1 Å². The Morgan fingerprint density at radius 2 is 2.33 bits per heavy atom. The van der Waals surface area contributed by atoms with Crippen molar-refractivity contribution in [2.45, 2.75) is 32.3 Å². The predicted molar refractivity (Wildman–Crippen MR) is 70.7 cm³/mol. The average Bonchev–Trinajstić information content (AvgIpc) is 2.45. The Bertz CT molecular complexity index is 365. The second-order valence-electron chi connectivity index (χ2n) is 4.80. The summed E-state index contributed by atoms with van der Waals surface area (Å²) in [6.45, 7) is 3.79. The van der Waals surface area contributed by atoms with Gasteiger partial charge in [-0.3, -0.25) is 0 Å². The zero-order valence-electron chi connectivity index (χ0n) is 11.0. The fourth-order valence-corrected chi connectivity index (χ4v) is 2.40. The molecule has 0 saturated carbocycles. The molecule has 0 bridgehead atoms. The van der Waals surface area contributed by atoms with Crippen LogP contribution in [-0.4, -0.2) is 24.9 Å². The molecule has 0 aliphatic carbocycles. The summed E-state index contributed by atoms with van der Waals surface area (Å²) in [4.78, 5) is 0. The Morgan fingerprint density at radius 3 is 3.11 bits per heavy atom. The number of benzene rings is 1. The zero-order valence-corrected chi connectivity index (χ0v) is 11.0. The topological polar surface area (TPSA) is 38.7 Å². The highest BCUT2D eigenvalue weighted by Gasteiger charge is 2.26. The van der Waals surface area contributed by atoms with Crippen LogP contribution in [0.25, 0.3) is 0 Å². The summed E-state index contributed by atoms with van der Waals surface area (Å²) in [6, 6.07) is 8.05. The van der Waals surface area contributed by atoms with Gasteiger partial charge in [0.05, 0.1) is 12.7 Å². The predicted octanol–water partition coefficient (Wildman–Crippen LogP) is 2.94. The van der Waals surface area contributed by atoms with Gasteiger partial charge in [0, 0.05) is 19.1 Å². The second-order valence-corrected chi connectivity index (χ2v) is 4.80. The van der Waals surface area contributed by atoms with Crippen LogP contribution in [0.1, 0.15) is 37.9 Å². The second kappa shape index (κ2) is 6.76. The minimum Gasteiger partial charge on any atom is -0.494 e. The van der Waals surface area contributed by atoms with E-state index in [1.165, 1.54) is 0 Å². The number of aliphatic hydroxyl groups is 1. The monoisotopic (exact) mass is 250 g/mol. The van der Waals surface area contributed by atoms with Gasteiger partial charge in [-0.15, -0.1) is 0 Å². The van der Waals surface area contributed by atoms with E-state index in [4.69, 9.17) is 9.47 Å². The van der Waals surface area contributed by atoms with Gasteiger partial charge in [0.15, 0.2) is 0 Å². The standard InChI is InChI=1S/C15H22O3/c1-2-8-17-14-7-3-5-12(10-14)15-13(11-16)6-4-9-18-15/h3,5,7,10,13,15-16H,2,4,6,8-9,11H2,1H3. The van der Waals surface area contributed by atoms with Gasteiger partial charge in [0.2, 0.25) is 0 Å². The van der Waals surface area contributed by atoms with E-state index < -0.39 is 0 Å². The van der Waals surface area contributed by atoms with Gasteiger partial charge in [-0.2, -0.15) is 0 Å². The van der Waals surface area contributed by atoms with Crippen LogP contribution in [0.15, 0.2) is 24.3 Å². The van der Waals surface area contributed by atoms with Crippen molar-refractivity contribution >= 4 is 0 Å². The van der Waals surface area contributed by atoms with E-state index >= 15 is 0 Å². The molecule has 1 saturated heterocycles. The Balaban J connectivity index is 2.10. The molecule has 0 aromatic heterocycles. The van der Waals surface area contributed by atoms with Gasteiger partial charge in [0.25, 0.3) is 0 Å². The Morgan fingerprint density at radius 1 is 1.44 bits per heavy atom. The maximum atomic E-state index is 9.42. The number of hydrogen-bond acceptors (Lipinski definition) is 3. The van der Waals surface area contributed by atoms with Crippen LogP contribution in [0.4, 0.5) is 0 Å². The fourth-order valence-electron chi connectivity index (χ4n) is 2.40. The van der Waals surface area contributed by atoms with Crippen molar-refractivity contribution in [1.82, 2.24) is 0 Å². The van der Waals surface area contributed by atoms with Crippen molar-refractivity contribution in [2.24, 2.45) is 5.92 Å². The van der Waals surface area contributed by atoms with Crippen LogP contribution in [0.3, 0.4) is 0 Å². The van der Waals surface area contributed by atoms with Crippen molar-refractivity contribution in [1.29, 1.82) is 0 Å². The quantitative estimate of drug-likeness (QED) is 0.873. The molecule has 100 valence electrons. The van der Waals surface area contributed by atoms with Crippen LogP contribution < -0.4 is 4.74 Å². The SMILES string of the molecule is CCCOc1cccc(C2OCCCC2CO)c1. The van der Waals surface area contributed by atoms with Crippen molar-refractivity contribution in [3.05, 3.63) is 29.8 Å². The molecule has 1 aliphatic rings. The molecule has 2 unspecified atom stereocenters. The minimum atomic E-state index is 0.00827. The van der Waals surface area contributed by atoms with E-state index in [0.717, 1.165) is 43.8 Å². The summed E-state index contributed by atoms with van der Waals surface area (Å²) >= 11 is 0. The van der Waals surface area contributed by atoms with Crippen molar-refractivity contribution < 1.29 is 14.6 Å². The third-order valence-electron chi connectivity index (χ3n) is 3.34. The molecule has 0 spiro atoms. The third-order valence-corrected chi connectivity index (χ3v) is 3.34. The normalized spacial score (nSPS) is 23.9. The molecule has 1 aromatic carbocycles. The first kappa shape index (κ1) is 13.4. The van der Waals surface area contributed by atoms with Crippen molar-refractivity contribution in [3.8, 4) is 5.75 Å². The largest absolute Gasteiger partial charge is 0.494 e. The maximum Gasteiger partial charge on any atom is 0.119 e. The average molecular weight is 250 g/mol. The van der Waals surface area contributed by atoms with Gasteiger partial charge in [-0.25, -0.2) is 0 Å². The van der Waals surface area contributed by atoms with E-state index in [9.17, 15) is 5.11 Å². The van der Waals surface area contributed by atoms with E-state index in [0.29, 0.717) is 0 Å². The number of ether oxygens (including phenoxy) is 2. The molecular weight excluding hydrogens is 228 g/mol. The molecule has 3 heteroatoms. The molecule has 1 N–H and O–H groups in total. The molecule has 18 heavy (non-hydrogen) atoms. The summed E-state index contributed by atoms with van der Waals surface area (Å²) in [7, 11) is 0. The number of hydrogen-bond donors (Lipinski definition) is 1. The summed E-state index contributed by atoms with van der Waals surface area (Å²) < 4.78 is 11.4. The molecular formula is C15H22O3. The highest BCUT2D eigenvalue weighted by molar-refractivity contribution is 5.30. The highest BCUT2D eigenvalue weighted by Crippen LogP contribution is 2.34. The summed E-state index contributed by atoms with van der Waals surface area (Å²) in [5.41, 5.74) is 1.11. The first-order valence-electron chi connectivity index (χ1n) is 6.80. The summed E-state index contributed by atoms with van der Waals surface area (Å²) in [5, 5.41) is 9.42. The molecule has 1 fully saturated rings. The van der Waals surface area contributed by atoms with Crippen LogP contribution in [0.5, 0.6) is 5.75 Å². The van der Waals surface area contributed by atoms with Crippen LogP contribution in [0, 0.1) is 5.92 Å². The lowest BCUT2D eigenvalue weighted by atomic mass is 9.90. The number of aliphatic hydroxyl groups excluding tert-OH is 1. The minimum absolute atomic E-state index is 0.00827. The van der Waals surface area contributed by atoms with E-state index in [2.05, 4.69) is 13.0 Å². The van der Waals surface area contributed by atoms with Gasteiger partial charge in [-0.05, 0) is 37.0 Å². The van der Waals surface area contributed by atoms with Crippen LogP contribution >= 0.6 is 0 Å². The first-order valence-corrected chi connectivity index (χ1v) is 6.80. The van der Waals surface area contributed by atoms with E-state index in [1.807, 2.05) is 18.2 Å². The van der Waals surface area contributed by atoms with Crippen molar-refractivity contribution in [2.75, 3.05) is 19.8 Å². The van der Waals surface area contributed by atoms with Gasteiger partial charge >= 0.3 is 0 Å². The summed E-state index contributed by atoms with van der Waals surface area (Å²) in [6.07, 6.45) is 3.08. The molecule has 3 nitrogen and oxygen atoms in total. The van der Waals surface area contributed by atoms with Gasteiger partial charge in [0.1, 0.15) is 5.75 Å².